The fourth-order valence-corrected chi connectivity index (χ4v) is 4.99. The van der Waals surface area contributed by atoms with E-state index in [1.807, 2.05) is 0 Å². The molecule has 0 aliphatic heterocycles. The lowest BCUT2D eigenvalue weighted by atomic mass is 10.0. The summed E-state index contributed by atoms with van der Waals surface area (Å²) in [5.41, 5.74) is 2.54. The van der Waals surface area contributed by atoms with E-state index in [2.05, 4.69) is 25.6 Å². The average Bonchev–Trinajstić information content (AvgIpc) is 3.51. The SMILES string of the molecule is COCC(=O)NC1CCC(NC(=O)c2c(C)[nH]c3c(-c4cc(C(F)F)ccc4OCC4CC4)ncnc23)C1. The number of alkyl halides is 2. The minimum atomic E-state index is -2.65. The van der Waals surface area contributed by atoms with E-state index in [1.54, 1.807) is 13.0 Å². The zero-order valence-corrected chi connectivity index (χ0v) is 21.4. The number of ether oxygens (including phenoxy) is 2. The Labute approximate surface area is 218 Å². The van der Waals surface area contributed by atoms with Gasteiger partial charge in [-0.1, -0.05) is 0 Å². The lowest BCUT2D eigenvalue weighted by Gasteiger charge is -2.15. The number of hydrogen-bond donors (Lipinski definition) is 3. The number of hydrogen-bond acceptors (Lipinski definition) is 6. The third-order valence-electron chi connectivity index (χ3n) is 7.09. The van der Waals surface area contributed by atoms with Crippen LogP contribution in [0.1, 0.15) is 60.1 Å². The van der Waals surface area contributed by atoms with Crippen molar-refractivity contribution in [2.45, 2.75) is 57.5 Å². The molecule has 38 heavy (non-hydrogen) atoms. The van der Waals surface area contributed by atoms with Crippen molar-refractivity contribution in [1.82, 2.24) is 25.6 Å². The van der Waals surface area contributed by atoms with Crippen LogP contribution in [0, 0.1) is 12.8 Å². The molecule has 2 aliphatic rings. The molecular formula is C27H31F2N5O4. The van der Waals surface area contributed by atoms with Crippen LogP contribution in [-0.4, -0.2) is 59.2 Å². The number of amides is 2. The Bertz CT molecular complexity index is 1340. The molecule has 2 saturated carbocycles. The molecule has 0 saturated heterocycles. The number of H-pyrrole nitrogens is 1. The first-order valence-electron chi connectivity index (χ1n) is 12.8. The summed E-state index contributed by atoms with van der Waals surface area (Å²) < 4.78 is 38.0. The van der Waals surface area contributed by atoms with Crippen LogP contribution in [0.5, 0.6) is 5.75 Å². The Kier molecular flexibility index (Phi) is 7.55. The molecule has 2 aliphatic carbocycles. The van der Waals surface area contributed by atoms with Gasteiger partial charge in [-0.2, -0.15) is 0 Å². The first-order valence-corrected chi connectivity index (χ1v) is 12.8. The summed E-state index contributed by atoms with van der Waals surface area (Å²) in [6, 6.07) is 4.17. The van der Waals surface area contributed by atoms with Crippen LogP contribution in [0.2, 0.25) is 0 Å². The van der Waals surface area contributed by atoms with Crippen molar-refractivity contribution < 1.29 is 27.8 Å². The zero-order chi connectivity index (χ0) is 26.8. The van der Waals surface area contributed by atoms with Crippen molar-refractivity contribution in [3.05, 3.63) is 41.3 Å². The number of aromatic amines is 1. The summed E-state index contributed by atoms with van der Waals surface area (Å²) in [7, 11) is 1.47. The maximum Gasteiger partial charge on any atom is 0.263 e. The van der Waals surface area contributed by atoms with Crippen molar-refractivity contribution in [1.29, 1.82) is 0 Å². The average molecular weight is 528 g/mol. The standard InChI is InChI=1S/C27H31F2N5O4/c1-14-22(27(36)34-18-7-6-17(10-18)33-21(35)12-37-2)24-25(32-14)23(30-13-31-24)19-9-16(26(28)29)5-8-20(19)38-11-15-3-4-15/h5,8-9,13,15,17-18,26,32H,3-4,6-7,10-12H2,1-2H3,(H,33,35)(H,34,36). The molecule has 2 fully saturated rings. The largest absolute Gasteiger partial charge is 0.493 e. The first kappa shape index (κ1) is 26.0. The van der Waals surface area contributed by atoms with Gasteiger partial charge in [0.25, 0.3) is 12.3 Å². The van der Waals surface area contributed by atoms with Gasteiger partial charge in [0.05, 0.1) is 17.7 Å². The Balaban J connectivity index is 1.41. The molecular weight excluding hydrogens is 496 g/mol. The number of nitrogens with one attached hydrogen (secondary N) is 3. The minimum Gasteiger partial charge on any atom is -0.493 e. The number of rotatable bonds is 10. The van der Waals surface area contributed by atoms with Crippen molar-refractivity contribution in [3.63, 3.8) is 0 Å². The molecule has 2 atom stereocenters. The number of fused-ring (bicyclic) bond motifs is 1. The maximum atomic E-state index is 13.6. The van der Waals surface area contributed by atoms with E-state index in [1.165, 1.54) is 25.6 Å². The number of benzene rings is 1. The van der Waals surface area contributed by atoms with Crippen LogP contribution in [0.4, 0.5) is 8.78 Å². The molecule has 1 aromatic carbocycles. The second kappa shape index (κ2) is 11.0. The number of methoxy groups -OCH3 is 1. The highest BCUT2D eigenvalue weighted by molar-refractivity contribution is 6.09. The third kappa shape index (κ3) is 5.62. The van der Waals surface area contributed by atoms with Crippen LogP contribution >= 0.6 is 0 Å². The lowest BCUT2D eigenvalue weighted by Crippen LogP contribution is -2.38. The second-order valence-electron chi connectivity index (χ2n) is 10.1. The smallest absolute Gasteiger partial charge is 0.263 e. The van der Waals surface area contributed by atoms with E-state index in [0.29, 0.717) is 58.2 Å². The number of halogens is 2. The van der Waals surface area contributed by atoms with Gasteiger partial charge in [-0.05, 0) is 63.1 Å². The molecule has 0 radical (unpaired) electrons. The van der Waals surface area contributed by atoms with Crippen LogP contribution in [-0.2, 0) is 9.53 Å². The van der Waals surface area contributed by atoms with Crippen LogP contribution in [0.3, 0.4) is 0 Å². The Morgan fingerprint density at radius 3 is 2.61 bits per heavy atom. The highest BCUT2D eigenvalue weighted by atomic mass is 19.3. The topological polar surface area (TPSA) is 118 Å². The summed E-state index contributed by atoms with van der Waals surface area (Å²) in [4.78, 5) is 37.1. The molecule has 9 nitrogen and oxygen atoms in total. The summed E-state index contributed by atoms with van der Waals surface area (Å²) in [5.74, 6) is 0.470. The minimum absolute atomic E-state index is 0.00233. The molecule has 202 valence electrons. The van der Waals surface area contributed by atoms with E-state index >= 15 is 0 Å². The van der Waals surface area contributed by atoms with Gasteiger partial charge in [-0.3, -0.25) is 9.59 Å². The number of aromatic nitrogens is 3. The maximum absolute atomic E-state index is 13.6. The number of carbonyl (C=O) groups is 2. The Morgan fingerprint density at radius 2 is 1.89 bits per heavy atom. The van der Waals surface area contributed by atoms with Crippen LogP contribution in [0.15, 0.2) is 24.5 Å². The lowest BCUT2D eigenvalue weighted by molar-refractivity contribution is -0.125. The van der Waals surface area contributed by atoms with Gasteiger partial charge in [-0.25, -0.2) is 18.7 Å². The van der Waals surface area contributed by atoms with Crippen molar-refractivity contribution in [3.8, 4) is 17.0 Å². The predicted molar refractivity (Wildman–Crippen MR) is 136 cm³/mol. The molecule has 2 heterocycles. The predicted octanol–water partition coefficient (Wildman–Crippen LogP) is 4.07. The van der Waals surface area contributed by atoms with Crippen molar-refractivity contribution in [2.75, 3.05) is 20.3 Å². The number of nitrogens with zero attached hydrogens (tertiary/aromatic N) is 2. The number of aryl methyl sites for hydroxylation is 1. The van der Waals surface area contributed by atoms with Crippen LogP contribution < -0.4 is 15.4 Å². The summed E-state index contributed by atoms with van der Waals surface area (Å²) >= 11 is 0. The molecule has 0 spiro atoms. The van der Waals surface area contributed by atoms with Gasteiger partial charge >= 0.3 is 0 Å². The van der Waals surface area contributed by atoms with E-state index in [-0.39, 0.29) is 36.1 Å². The van der Waals surface area contributed by atoms with Gasteiger partial charge in [-0.15, -0.1) is 0 Å². The summed E-state index contributed by atoms with van der Waals surface area (Å²) in [5, 5.41) is 5.97. The molecule has 11 heteroatoms. The first-order chi connectivity index (χ1) is 18.3. The van der Waals surface area contributed by atoms with Crippen molar-refractivity contribution in [2.24, 2.45) is 5.92 Å². The van der Waals surface area contributed by atoms with Crippen LogP contribution in [0.25, 0.3) is 22.3 Å². The van der Waals surface area contributed by atoms with Gasteiger partial charge < -0.3 is 25.1 Å². The van der Waals surface area contributed by atoms with Gasteiger partial charge in [0.2, 0.25) is 5.91 Å². The highest BCUT2D eigenvalue weighted by Crippen LogP contribution is 2.38. The van der Waals surface area contributed by atoms with Gasteiger partial charge in [0.15, 0.2) is 0 Å². The summed E-state index contributed by atoms with van der Waals surface area (Å²) in [6.07, 6.45) is 2.97. The Hall–Kier alpha value is -3.60. The van der Waals surface area contributed by atoms with E-state index in [4.69, 9.17) is 9.47 Å². The zero-order valence-electron chi connectivity index (χ0n) is 21.4. The molecule has 3 N–H and O–H groups in total. The second-order valence-corrected chi connectivity index (χ2v) is 10.1. The molecule has 5 rings (SSSR count). The molecule has 0 bridgehead atoms. The molecule has 3 aromatic rings. The van der Waals surface area contributed by atoms with Gasteiger partial charge in [0, 0.05) is 36.0 Å². The van der Waals surface area contributed by atoms with Crippen molar-refractivity contribution >= 4 is 22.8 Å². The number of carbonyl (C=O) groups excluding carboxylic acids is 2. The normalized spacial score (nSPS) is 19.2. The van der Waals surface area contributed by atoms with E-state index in [9.17, 15) is 18.4 Å². The fraction of sp³-hybridized carbons (Fsp3) is 0.481. The van der Waals surface area contributed by atoms with E-state index in [0.717, 1.165) is 25.7 Å². The molecule has 2 unspecified atom stereocenters. The molecule has 2 amide bonds. The van der Waals surface area contributed by atoms with E-state index < -0.39 is 6.43 Å². The summed E-state index contributed by atoms with van der Waals surface area (Å²) in [6.45, 7) is 2.28. The molecule has 2 aromatic heterocycles. The highest BCUT2D eigenvalue weighted by Gasteiger charge is 2.30. The van der Waals surface area contributed by atoms with Gasteiger partial charge in [0.1, 0.15) is 29.9 Å². The third-order valence-corrected chi connectivity index (χ3v) is 7.09. The fourth-order valence-electron chi connectivity index (χ4n) is 4.99. The Morgan fingerprint density at radius 1 is 1.13 bits per heavy atom. The monoisotopic (exact) mass is 527 g/mol. The quantitative estimate of drug-likeness (QED) is 0.366.